The molecule has 0 spiro atoms. The minimum atomic E-state index is -3.77. The zero-order valence-corrected chi connectivity index (χ0v) is 14.9. The van der Waals surface area contributed by atoms with Crippen molar-refractivity contribution in [2.24, 2.45) is 0 Å². The van der Waals surface area contributed by atoms with Crippen LogP contribution in [0.15, 0.2) is 41.4 Å². The van der Waals surface area contributed by atoms with Crippen molar-refractivity contribution >= 4 is 21.5 Å². The monoisotopic (exact) mass is 363 g/mol. The van der Waals surface area contributed by atoms with Crippen molar-refractivity contribution in [3.63, 3.8) is 0 Å². The molecule has 0 aliphatic heterocycles. The second-order valence-corrected chi connectivity index (χ2v) is 8.11. The highest BCUT2D eigenvalue weighted by Gasteiger charge is 2.16. The summed E-state index contributed by atoms with van der Waals surface area (Å²) in [5, 5.41) is 3.39. The van der Waals surface area contributed by atoms with Gasteiger partial charge in [0.1, 0.15) is 11.6 Å². The molecule has 0 bridgehead atoms. The number of aryl methyl sites for hydroxylation is 1. The van der Waals surface area contributed by atoms with Crippen molar-refractivity contribution in [3.05, 3.63) is 47.9 Å². The van der Waals surface area contributed by atoms with Crippen LogP contribution in [-0.4, -0.2) is 19.4 Å². The van der Waals surface area contributed by atoms with Crippen LogP contribution in [0, 0.1) is 12.7 Å². The first-order valence-corrected chi connectivity index (χ1v) is 9.94. The fourth-order valence-electron chi connectivity index (χ4n) is 2.99. The third-order valence-corrected chi connectivity index (χ3v) is 5.79. The predicted molar refractivity (Wildman–Crippen MR) is 96.7 cm³/mol. The molecule has 5 nitrogen and oxygen atoms in total. The van der Waals surface area contributed by atoms with E-state index in [9.17, 15) is 12.8 Å². The molecule has 0 unspecified atom stereocenters. The van der Waals surface area contributed by atoms with Crippen molar-refractivity contribution in [2.45, 2.75) is 50.0 Å². The van der Waals surface area contributed by atoms with Gasteiger partial charge >= 0.3 is 0 Å². The van der Waals surface area contributed by atoms with E-state index in [0.29, 0.717) is 11.7 Å². The zero-order chi connectivity index (χ0) is 17.9. The molecule has 1 heterocycles. The van der Waals surface area contributed by atoms with E-state index >= 15 is 0 Å². The van der Waals surface area contributed by atoms with E-state index in [1.54, 1.807) is 12.1 Å². The maximum Gasteiger partial charge on any atom is 0.261 e. The molecule has 1 aromatic heterocycles. The lowest BCUT2D eigenvalue weighted by atomic mass is 9.95. The largest absolute Gasteiger partial charge is 0.367 e. The molecular weight excluding hydrogens is 341 g/mol. The molecule has 0 saturated heterocycles. The van der Waals surface area contributed by atoms with Crippen LogP contribution >= 0.6 is 0 Å². The number of nitrogens with zero attached hydrogens (tertiary/aromatic N) is 1. The van der Waals surface area contributed by atoms with Gasteiger partial charge in [-0.25, -0.2) is 17.8 Å². The molecule has 2 aromatic rings. The average molecular weight is 363 g/mol. The summed E-state index contributed by atoms with van der Waals surface area (Å²) in [5.74, 6) is 0.311. The smallest absolute Gasteiger partial charge is 0.261 e. The van der Waals surface area contributed by atoms with Crippen LogP contribution in [0.3, 0.4) is 0 Å². The fourth-order valence-corrected chi connectivity index (χ4v) is 4.12. The van der Waals surface area contributed by atoms with Gasteiger partial charge in [0.2, 0.25) is 0 Å². The SMILES string of the molecule is Cc1cc(S(=O)(=O)Nc2ccc(NC3CCCCC3)nc2)ccc1F. The Kier molecular flexibility index (Phi) is 5.22. The first kappa shape index (κ1) is 17.7. The van der Waals surface area contributed by atoms with E-state index in [2.05, 4.69) is 15.0 Å². The summed E-state index contributed by atoms with van der Waals surface area (Å²) >= 11 is 0. The van der Waals surface area contributed by atoms with E-state index in [4.69, 9.17) is 0 Å². The highest BCUT2D eigenvalue weighted by atomic mass is 32.2. The zero-order valence-electron chi connectivity index (χ0n) is 14.1. The summed E-state index contributed by atoms with van der Waals surface area (Å²) in [4.78, 5) is 4.31. The lowest BCUT2D eigenvalue weighted by Crippen LogP contribution is -2.22. The van der Waals surface area contributed by atoms with Crippen molar-refractivity contribution < 1.29 is 12.8 Å². The van der Waals surface area contributed by atoms with Gasteiger partial charge in [-0.05, 0) is 55.7 Å². The molecule has 1 aliphatic carbocycles. The highest BCUT2D eigenvalue weighted by molar-refractivity contribution is 7.92. The van der Waals surface area contributed by atoms with Crippen molar-refractivity contribution in [1.82, 2.24) is 4.98 Å². The molecule has 0 amide bonds. The van der Waals surface area contributed by atoms with Gasteiger partial charge in [0, 0.05) is 6.04 Å². The Morgan fingerprint density at radius 1 is 1.12 bits per heavy atom. The number of pyridine rings is 1. The summed E-state index contributed by atoms with van der Waals surface area (Å²) in [6.45, 7) is 1.53. The number of nitrogens with one attached hydrogen (secondary N) is 2. The van der Waals surface area contributed by atoms with E-state index in [1.807, 2.05) is 0 Å². The van der Waals surface area contributed by atoms with E-state index in [1.165, 1.54) is 44.5 Å². The average Bonchev–Trinajstić information content (AvgIpc) is 2.60. The van der Waals surface area contributed by atoms with Crippen molar-refractivity contribution in [3.8, 4) is 0 Å². The van der Waals surface area contributed by atoms with Crippen LogP contribution in [0.25, 0.3) is 0 Å². The number of halogens is 1. The Labute approximate surface area is 147 Å². The molecular formula is C18H22FN3O2S. The van der Waals surface area contributed by atoms with Crippen LogP contribution in [0.1, 0.15) is 37.7 Å². The molecule has 134 valence electrons. The lowest BCUT2D eigenvalue weighted by Gasteiger charge is -2.23. The van der Waals surface area contributed by atoms with Crippen LogP contribution in [0.2, 0.25) is 0 Å². The second kappa shape index (κ2) is 7.39. The Morgan fingerprint density at radius 2 is 1.88 bits per heavy atom. The Bertz CT molecular complexity index is 832. The first-order valence-electron chi connectivity index (χ1n) is 8.45. The second-order valence-electron chi connectivity index (χ2n) is 6.43. The minimum Gasteiger partial charge on any atom is -0.367 e. The first-order chi connectivity index (χ1) is 11.9. The van der Waals surface area contributed by atoms with Gasteiger partial charge in [0.05, 0.1) is 16.8 Å². The summed E-state index contributed by atoms with van der Waals surface area (Å²) in [5.41, 5.74) is 0.657. The number of rotatable bonds is 5. The van der Waals surface area contributed by atoms with E-state index in [0.717, 1.165) is 24.7 Å². The quantitative estimate of drug-likeness (QED) is 0.840. The number of aromatic nitrogens is 1. The number of benzene rings is 1. The molecule has 1 aliphatic rings. The molecule has 3 rings (SSSR count). The number of sulfonamides is 1. The number of hydrogen-bond donors (Lipinski definition) is 2. The van der Waals surface area contributed by atoms with Gasteiger partial charge in [0.25, 0.3) is 10.0 Å². The van der Waals surface area contributed by atoms with Gasteiger partial charge in [-0.1, -0.05) is 19.3 Å². The summed E-state index contributed by atoms with van der Waals surface area (Å²) in [7, 11) is -3.77. The maximum atomic E-state index is 13.3. The van der Waals surface area contributed by atoms with Crippen LogP contribution in [-0.2, 0) is 10.0 Å². The van der Waals surface area contributed by atoms with E-state index < -0.39 is 15.8 Å². The number of anilines is 2. The van der Waals surface area contributed by atoms with Gasteiger partial charge in [-0.2, -0.15) is 0 Å². The molecule has 1 aromatic carbocycles. The topological polar surface area (TPSA) is 71.1 Å². The van der Waals surface area contributed by atoms with Crippen molar-refractivity contribution in [1.29, 1.82) is 0 Å². The molecule has 1 saturated carbocycles. The molecule has 0 atom stereocenters. The predicted octanol–water partition coefficient (Wildman–Crippen LogP) is 4.07. The van der Waals surface area contributed by atoms with Crippen LogP contribution in [0.5, 0.6) is 0 Å². The van der Waals surface area contributed by atoms with Gasteiger partial charge < -0.3 is 5.32 Å². The normalized spacial score (nSPS) is 15.8. The molecule has 25 heavy (non-hydrogen) atoms. The summed E-state index contributed by atoms with van der Waals surface area (Å²) in [6, 6.07) is 7.58. The Morgan fingerprint density at radius 3 is 2.52 bits per heavy atom. The fraction of sp³-hybridized carbons (Fsp3) is 0.389. The molecule has 7 heteroatoms. The Balaban J connectivity index is 1.68. The van der Waals surface area contributed by atoms with Gasteiger partial charge in [0.15, 0.2) is 0 Å². The molecule has 0 radical (unpaired) electrons. The maximum absolute atomic E-state index is 13.3. The lowest BCUT2D eigenvalue weighted by molar-refractivity contribution is 0.462. The van der Waals surface area contributed by atoms with Crippen LogP contribution < -0.4 is 10.0 Å². The summed E-state index contributed by atoms with van der Waals surface area (Å²) < 4.78 is 40.6. The van der Waals surface area contributed by atoms with Crippen LogP contribution in [0.4, 0.5) is 15.9 Å². The third-order valence-electron chi connectivity index (χ3n) is 4.41. The number of hydrogen-bond acceptors (Lipinski definition) is 4. The van der Waals surface area contributed by atoms with Gasteiger partial charge in [-0.3, -0.25) is 4.72 Å². The minimum absolute atomic E-state index is 0.0239. The highest BCUT2D eigenvalue weighted by Crippen LogP contribution is 2.22. The third kappa shape index (κ3) is 4.48. The molecule has 1 fully saturated rings. The van der Waals surface area contributed by atoms with Gasteiger partial charge in [-0.15, -0.1) is 0 Å². The Hall–Kier alpha value is -2.15. The van der Waals surface area contributed by atoms with E-state index in [-0.39, 0.29) is 10.5 Å². The standard InChI is InChI=1S/C18H22FN3O2S/c1-13-11-16(8-9-17(13)19)25(23,24)22-15-7-10-18(20-12-15)21-14-5-3-2-4-6-14/h7-12,14,22H,2-6H2,1H3,(H,20,21). The molecule has 2 N–H and O–H groups in total. The summed E-state index contributed by atoms with van der Waals surface area (Å²) in [6.07, 6.45) is 7.51. The van der Waals surface area contributed by atoms with Crippen molar-refractivity contribution in [2.75, 3.05) is 10.0 Å².